The highest BCUT2D eigenvalue weighted by atomic mass is 32.2. The summed E-state index contributed by atoms with van der Waals surface area (Å²) in [5.74, 6) is -0.487. The fraction of sp³-hybridized carbons (Fsp3) is 0.368. The lowest BCUT2D eigenvalue weighted by Crippen LogP contribution is -2.47. The van der Waals surface area contributed by atoms with E-state index in [0.29, 0.717) is 11.3 Å². The van der Waals surface area contributed by atoms with Gasteiger partial charge in [0, 0.05) is 23.9 Å². The Morgan fingerprint density at radius 2 is 2.00 bits per heavy atom. The molecule has 1 heterocycles. The van der Waals surface area contributed by atoms with Gasteiger partial charge in [-0.1, -0.05) is 24.4 Å². The Morgan fingerprint density at radius 1 is 1.37 bits per heavy atom. The van der Waals surface area contributed by atoms with Gasteiger partial charge in [0.15, 0.2) is 0 Å². The summed E-state index contributed by atoms with van der Waals surface area (Å²) in [6.07, 6.45) is -2.22. The molecule has 30 heavy (non-hydrogen) atoms. The zero-order valence-electron chi connectivity index (χ0n) is 16.8. The molecule has 0 radical (unpaired) electrons. The van der Waals surface area contributed by atoms with Gasteiger partial charge in [-0.05, 0) is 44.5 Å². The van der Waals surface area contributed by atoms with E-state index in [-0.39, 0.29) is 22.3 Å². The second-order valence-electron chi connectivity index (χ2n) is 7.05. The molecule has 1 aromatic carbocycles. The molecule has 0 spiro atoms. The summed E-state index contributed by atoms with van der Waals surface area (Å²) in [6.45, 7) is 4.15. The second kappa shape index (κ2) is 8.84. The predicted octanol–water partition coefficient (Wildman–Crippen LogP) is 4.16. The molecule has 2 atom stereocenters. The van der Waals surface area contributed by atoms with E-state index in [1.165, 1.54) is 35.6 Å². The lowest BCUT2D eigenvalue weighted by molar-refractivity contribution is -0.0913. The van der Waals surface area contributed by atoms with Crippen molar-refractivity contribution in [2.45, 2.75) is 32.5 Å². The van der Waals surface area contributed by atoms with Crippen molar-refractivity contribution >= 4 is 39.8 Å². The van der Waals surface area contributed by atoms with Crippen LogP contribution in [0.4, 0.5) is 23.2 Å². The van der Waals surface area contributed by atoms with Gasteiger partial charge in [-0.2, -0.15) is 13.2 Å². The molecule has 1 aliphatic heterocycles. The number of rotatable bonds is 4. The van der Waals surface area contributed by atoms with E-state index in [0.717, 1.165) is 13.0 Å². The van der Waals surface area contributed by atoms with Crippen molar-refractivity contribution in [3.05, 3.63) is 52.9 Å². The highest BCUT2D eigenvalue weighted by Crippen LogP contribution is 2.34. The zero-order chi connectivity index (χ0) is 22.9. The van der Waals surface area contributed by atoms with E-state index in [2.05, 4.69) is 10.3 Å². The van der Waals surface area contributed by atoms with Crippen LogP contribution in [0.15, 0.2) is 46.5 Å². The van der Waals surface area contributed by atoms with Crippen molar-refractivity contribution in [2.24, 2.45) is 10.7 Å². The number of allylic oxidation sites excluding steroid dienone is 3. The van der Waals surface area contributed by atoms with Gasteiger partial charge >= 0.3 is 6.18 Å². The number of anilines is 1. The summed E-state index contributed by atoms with van der Waals surface area (Å²) in [6, 6.07) is 4.13. The molecule has 0 aromatic heterocycles. The normalized spacial score (nSPS) is 23.3. The van der Waals surface area contributed by atoms with Crippen molar-refractivity contribution in [2.75, 3.05) is 18.1 Å². The Balaban J connectivity index is 2.30. The summed E-state index contributed by atoms with van der Waals surface area (Å²) in [7, 11) is 0.0577. The number of nitrogens with two attached hydrogens (primary N) is 1. The molecule has 3 N–H and O–H groups in total. The number of hydrogen-bond donors (Lipinski definition) is 2. The average molecular weight is 463 g/mol. The minimum absolute atomic E-state index is 0.0287. The molecule has 1 aromatic rings. The molecule has 0 saturated carbocycles. The van der Waals surface area contributed by atoms with Crippen LogP contribution in [-0.4, -0.2) is 38.4 Å². The van der Waals surface area contributed by atoms with E-state index in [1.807, 2.05) is 0 Å². The summed E-state index contributed by atoms with van der Waals surface area (Å²) in [5.41, 5.74) is 4.89. The van der Waals surface area contributed by atoms with E-state index in [1.54, 1.807) is 13.8 Å². The van der Waals surface area contributed by atoms with Crippen LogP contribution in [-0.2, 0) is 16.5 Å². The number of nitrogens with one attached hydrogen (secondary N) is 1. The van der Waals surface area contributed by atoms with Gasteiger partial charge in [0.25, 0.3) is 0 Å². The van der Waals surface area contributed by atoms with E-state index < -0.39 is 34.1 Å². The molecule has 0 fully saturated rings. The summed E-state index contributed by atoms with van der Waals surface area (Å²) < 4.78 is 65.9. The highest BCUT2D eigenvalue weighted by molar-refractivity contribution is 7.83. The molecule has 0 bridgehead atoms. The van der Waals surface area contributed by atoms with Crippen molar-refractivity contribution in [1.82, 2.24) is 4.31 Å². The Morgan fingerprint density at radius 3 is 2.57 bits per heavy atom. The third kappa shape index (κ3) is 5.45. The Hall–Kier alpha value is -2.27. The van der Waals surface area contributed by atoms with Gasteiger partial charge in [-0.25, -0.2) is 13.6 Å². The maximum atomic E-state index is 14.6. The van der Waals surface area contributed by atoms with Gasteiger partial charge in [0.05, 0.1) is 5.75 Å². The molecule has 0 aliphatic carbocycles. The highest BCUT2D eigenvalue weighted by Gasteiger charge is 2.37. The minimum Gasteiger partial charge on any atom is -0.369 e. The van der Waals surface area contributed by atoms with Gasteiger partial charge < -0.3 is 11.1 Å². The topological polar surface area (TPSA) is 70.7 Å². The number of alkyl halides is 3. The first-order valence-corrected chi connectivity index (χ1v) is 10.4. The van der Waals surface area contributed by atoms with Crippen LogP contribution in [0.25, 0.3) is 0 Å². The van der Waals surface area contributed by atoms with Crippen molar-refractivity contribution < 1.29 is 21.8 Å². The first kappa shape index (κ1) is 24.0. The third-order valence-electron chi connectivity index (χ3n) is 4.59. The molecule has 2 rings (SSSR count). The number of guanidine groups is 1. The first-order chi connectivity index (χ1) is 13.7. The minimum atomic E-state index is -4.41. The number of hydrogen-bond acceptors (Lipinski definition) is 4. The summed E-state index contributed by atoms with van der Waals surface area (Å²) in [5, 5.41) is 2.88. The Bertz CT molecular complexity index is 972. The second-order valence-corrected chi connectivity index (χ2v) is 8.94. The molecule has 5 nitrogen and oxygen atoms in total. The molecule has 0 amide bonds. The van der Waals surface area contributed by atoms with Crippen LogP contribution < -0.4 is 11.1 Å². The molecule has 0 saturated heterocycles. The lowest BCUT2D eigenvalue weighted by Gasteiger charge is -2.34. The van der Waals surface area contributed by atoms with Crippen LogP contribution in [0.5, 0.6) is 0 Å². The van der Waals surface area contributed by atoms with Gasteiger partial charge in [-0.3, -0.25) is 4.31 Å². The molecule has 11 heteroatoms. The quantitative estimate of drug-likeness (QED) is 0.305. The number of thiocarbonyl (C=S) groups is 1. The third-order valence-corrected chi connectivity index (χ3v) is 6.62. The van der Waals surface area contributed by atoms with Crippen LogP contribution in [0.2, 0.25) is 0 Å². The summed E-state index contributed by atoms with van der Waals surface area (Å²) >= 11 is 5.23. The van der Waals surface area contributed by atoms with E-state index in [9.17, 15) is 21.8 Å². The van der Waals surface area contributed by atoms with Gasteiger partial charge in [0.1, 0.15) is 27.3 Å². The van der Waals surface area contributed by atoms with Crippen molar-refractivity contribution in [3.8, 4) is 0 Å². The van der Waals surface area contributed by atoms with Crippen molar-refractivity contribution in [3.63, 3.8) is 0 Å². The lowest BCUT2D eigenvalue weighted by atomic mass is 9.93. The predicted molar refractivity (Wildman–Crippen MR) is 116 cm³/mol. The number of nitrogens with zero attached hydrogens (tertiary/aromatic N) is 2. The Labute approximate surface area is 180 Å². The largest absolute Gasteiger partial charge is 0.412 e. The molecule has 1 aliphatic rings. The molecular weight excluding hydrogens is 440 g/mol. The fourth-order valence-electron chi connectivity index (χ4n) is 2.60. The average Bonchev–Trinajstić information content (AvgIpc) is 2.64. The summed E-state index contributed by atoms with van der Waals surface area (Å²) in [4.78, 5) is 4.48. The van der Waals surface area contributed by atoms with Crippen LogP contribution in [0.1, 0.15) is 26.3 Å². The molecule has 2 unspecified atom stereocenters. The van der Waals surface area contributed by atoms with Crippen molar-refractivity contribution in [1.29, 1.82) is 0 Å². The SMILES string of the molecule is CC(=CC=C(C)C(F)(F)F)C(=S)Nc1ccc(F)c(C2(C)CS(=O)N(C)C(N)=N2)c1. The number of halogens is 4. The van der Waals surface area contributed by atoms with Crippen LogP contribution in [0, 0.1) is 5.82 Å². The van der Waals surface area contributed by atoms with E-state index in [4.69, 9.17) is 18.0 Å². The number of benzene rings is 1. The van der Waals surface area contributed by atoms with Crippen LogP contribution >= 0.6 is 12.2 Å². The smallest absolute Gasteiger partial charge is 0.369 e. The number of aliphatic imine (C=N–C) groups is 1. The molecular formula is C19H22F4N4OS2. The zero-order valence-corrected chi connectivity index (χ0v) is 18.4. The van der Waals surface area contributed by atoms with E-state index >= 15 is 0 Å². The maximum absolute atomic E-state index is 14.6. The van der Waals surface area contributed by atoms with Gasteiger partial charge in [-0.15, -0.1) is 0 Å². The van der Waals surface area contributed by atoms with Crippen LogP contribution in [0.3, 0.4) is 0 Å². The Kier molecular flexibility index (Phi) is 7.08. The monoisotopic (exact) mass is 462 g/mol. The van der Waals surface area contributed by atoms with Gasteiger partial charge in [0.2, 0.25) is 5.96 Å². The first-order valence-electron chi connectivity index (χ1n) is 8.76. The maximum Gasteiger partial charge on any atom is 0.412 e. The molecule has 164 valence electrons. The standard InChI is InChI=1S/C19H22F4N4OS2/c1-11(5-6-12(2)19(21,22)23)16(29)25-13-7-8-15(20)14(9-13)18(3)10-30(28)27(4)17(24)26-18/h5-9H,10H2,1-4H3,(H2,24,26)(H,25,29). The fourth-order valence-corrected chi connectivity index (χ4v) is 3.93.